The number of hydrogen-bond acceptors (Lipinski definition) is 6. The Hall–Kier alpha value is -3.13. The molecule has 8 nitrogen and oxygen atoms in total. The molecule has 4 aromatic rings. The van der Waals surface area contributed by atoms with E-state index in [1.807, 2.05) is 46.7 Å². The summed E-state index contributed by atoms with van der Waals surface area (Å²) in [7, 11) is 4.06. The summed E-state index contributed by atoms with van der Waals surface area (Å²) in [6.07, 6.45) is 3.91. The number of rotatable bonds is 4. The summed E-state index contributed by atoms with van der Waals surface area (Å²) < 4.78 is 9.26. The highest BCUT2D eigenvalue weighted by molar-refractivity contribution is 5.83. The van der Waals surface area contributed by atoms with E-state index in [9.17, 15) is 0 Å². The van der Waals surface area contributed by atoms with Crippen molar-refractivity contribution in [2.75, 3.05) is 30.5 Å². The van der Waals surface area contributed by atoms with Crippen LogP contribution in [0.3, 0.4) is 0 Å². The van der Waals surface area contributed by atoms with Crippen LogP contribution in [0.25, 0.3) is 16.6 Å². The van der Waals surface area contributed by atoms with E-state index in [1.165, 1.54) is 0 Å². The molecule has 144 valence electrons. The van der Waals surface area contributed by atoms with Gasteiger partial charge in [0.2, 0.25) is 5.95 Å². The van der Waals surface area contributed by atoms with Crippen molar-refractivity contribution in [1.82, 2.24) is 24.4 Å². The van der Waals surface area contributed by atoms with E-state index in [1.54, 1.807) is 0 Å². The molecule has 8 heteroatoms. The summed E-state index contributed by atoms with van der Waals surface area (Å²) in [4.78, 5) is 6.94. The topological polar surface area (TPSA) is 72.5 Å². The summed E-state index contributed by atoms with van der Waals surface area (Å²) in [5.41, 5.74) is 2.85. The molecular formula is C20H23N7O. The van der Waals surface area contributed by atoms with Crippen molar-refractivity contribution < 1.29 is 4.74 Å². The van der Waals surface area contributed by atoms with Gasteiger partial charge in [0.05, 0.1) is 11.7 Å². The molecule has 0 spiro atoms. The molecule has 1 aliphatic heterocycles. The fourth-order valence-electron chi connectivity index (χ4n) is 3.84. The standard InChI is InChI=1S/C20H23N7O/c1-25(16-8-10-28-11-9-16)19-5-3-4-18-23-20(24-27(18)19)22-15-6-7-17-14(12-15)13-21-26(17)2/h3-7,12-13,16H,8-11H2,1-2H3,(H,22,24). The first-order valence-corrected chi connectivity index (χ1v) is 9.54. The molecule has 0 atom stereocenters. The normalized spacial score (nSPS) is 15.4. The Bertz CT molecular complexity index is 1130. The van der Waals surface area contributed by atoms with Crippen LogP contribution in [0.15, 0.2) is 42.6 Å². The van der Waals surface area contributed by atoms with E-state index in [0.717, 1.165) is 54.1 Å². The van der Waals surface area contributed by atoms with Gasteiger partial charge in [-0.1, -0.05) is 6.07 Å². The first-order valence-electron chi connectivity index (χ1n) is 9.54. The number of benzene rings is 1. The molecule has 0 unspecified atom stereocenters. The predicted molar refractivity (Wildman–Crippen MR) is 109 cm³/mol. The molecule has 3 aromatic heterocycles. The molecule has 0 radical (unpaired) electrons. The fraction of sp³-hybridized carbons (Fsp3) is 0.350. The molecule has 0 bridgehead atoms. The van der Waals surface area contributed by atoms with Gasteiger partial charge in [0.25, 0.3) is 0 Å². The summed E-state index contributed by atoms with van der Waals surface area (Å²) in [6, 6.07) is 12.7. The van der Waals surface area contributed by atoms with Crippen molar-refractivity contribution in [3.8, 4) is 0 Å². The van der Waals surface area contributed by atoms with Gasteiger partial charge in [-0.3, -0.25) is 4.68 Å². The Morgan fingerprint density at radius 1 is 1.18 bits per heavy atom. The van der Waals surface area contributed by atoms with Gasteiger partial charge in [-0.2, -0.15) is 14.6 Å². The third-order valence-electron chi connectivity index (χ3n) is 5.44. The van der Waals surface area contributed by atoms with Crippen molar-refractivity contribution in [1.29, 1.82) is 0 Å². The molecular weight excluding hydrogens is 354 g/mol. The number of aromatic nitrogens is 5. The maximum absolute atomic E-state index is 5.50. The van der Waals surface area contributed by atoms with Gasteiger partial charge in [0, 0.05) is 44.4 Å². The van der Waals surface area contributed by atoms with Gasteiger partial charge in [0.15, 0.2) is 5.65 Å². The number of nitrogens with zero attached hydrogens (tertiary/aromatic N) is 6. The maximum atomic E-state index is 5.50. The highest BCUT2D eigenvalue weighted by Crippen LogP contribution is 2.24. The highest BCUT2D eigenvalue weighted by atomic mass is 16.5. The van der Waals surface area contributed by atoms with Crippen LogP contribution in [0.5, 0.6) is 0 Å². The van der Waals surface area contributed by atoms with E-state index in [4.69, 9.17) is 9.84 Å². The van der Waals surface area contributed by atoms with E-state index in [2.05, 4.69) is 39.5 Å². The largest absolute Gasteiger partial charge is 0.381 e. The minimum atomic E-state index is 0.452. The second kappa shape index (κ2) is 6.79. The van der Waals surface area contributed by atoms with Crippen LogP contribution in [0.1, 0.15) is 12.8 Å². The number of aryl methyl sites for hydroxylation is 1. The van der Waals surface area contributed by atoms with Crippen LogP contribution in [0.4, 0.5) is 17.5 Å². The van der Waals surface area contributed by atoms with Crippen molar-refractivity contribution in [2.45, 2.75) is 18.9 Å². The molecule has 0 aliphatic carbocycles. The summed E-state index contributed by atoms with van der Waals surface area (Å²) in [6.45, 7) is 1.62. The first kappa shape index (κ1) is 17.0. The van der Waals surface area contributed by atoms with Crippen LogP contribution < -0.4 is 10.2 Å². The number of anilines is 3. The molecule has 1 saturated heterocycles. The molecule has 28 heavy (non-hydrogen) atoms. The second-order valence-corrected chi connectivity index (χ2v) is 7.21. The SMILES string of the molecule is CN(c1cccc2nc(Nc3ccc4c(cnn4C)c3)nn12)C1CCOCC1. The summed E-state index contributed by atoms with van der Waals surface area (Å²) in [5.74, 6) is 1.61. The number of nitrogens with one attached hydrogen (secondary N) is 1. The maximum Gasteiger partial charge on any atom is 0.247 e. The molecule has 0 saturated carbocycles. The van der Waals surface area contributed by atoms with Gasteiger partial charge in [-0.05, 0) is 43.2 Å². The average molecular weight is 377 g/mol. The quantitative estimate of drug-likeness (QED) is 0.589. The molecule has 1 aromatic carbocycles. The minimum Gasteiger partial charge on any atom is -0.381 e. The Labute approximate surface area is 162 Å². The van der Waals surface area contributed by atoms with E-state index in [0.29, 0.717) is 12.0 Å². The fourth-order valence-corrected chi connectivity index (χ4v) is 3.84. The van der Waals surface area contributed by atoms with Gasteiger partial charge in [0.1, 0.15) is 5.82 Å². The second-order valence-electron chi connectivity index (χ2n) is 7.21. The Kier molecular flexibility index (Phi) is 4.12. The molecule has 5 rings (SSSR count). The molecule has 1 fully saturated rings. The molecule has 0 amide bonds. The van der Waals surface area contributed by atoms with Gasteiger partial charge < -0.3 is 15.0 Å². The lowest BCUT2D eigenvalue weighted by Gasteiger charge is -2.32. The third-order valence-corrected chi connectivity index (χ3v) is 5.44. The predicted octanol–water partition coefficient (Wildman–Crippen LogP) is 2.97. The monoisotopic (exact) mass is 377 g/mol. The average Bonchev–Trinajstić information content (AvgIpc) is 3.30. The third kappa shape index (κ3) is 2.95. The molecule has 1 aliphatic rings. The first-order chi connectivity index (χ1) is 13.7. The summed E-state index contributed by atoms with van der Waals surface area (Å²) in [5, 5.41) is 13.4. The zero-order valence-corrected chi connectivity index (χ0v) is 16.0. The van der Waals surface area contributed by atoms with Crippen LogP contribution in [-0.2, 0) is 11.8 Å². The highest BCUT2D eigenvalue weighted by Gasteiger charge is 2.21. The zero-order chi connectivity index (χ0) is 19.1. The van der Waals surface area contributed by atoms with Crippen LogP contribution in [-0.4, -0.2) is 50.7 Å². The van der Waals surface area contributed by atoms with Crippen LogP contribution in [0.2, 0.25) is 0 Å². The van der Waals surface area contributed by atoms with Crippen molar-refractivity contribution in [3.05, 3.63) is 42.6 Å². The lowest BCUT2D eigenvalue weighted by molar-refractivity contribution is 0.0853. The van der Waals surface area contributed by atoms with Crippen molar-refractivity contribution in [2.24, 2.45) is 7.05 Å². The van der Waals surface area contributed by atoms with Gasteiger partial charge >= 0.3 is 0 Å². The van der Waals surface area contributed by atoms with Gasteiger partial charge in [-0.25, -0.2) is 0 Å². The smallest absolute Gasteiger partial charge is 0.247 e. The summed E-state index contributed by atoms with van der Waals surface area (Å²) >= 11 is 0. The van der Waals surface area contributed by atoms with E-state index >= 15 is 0 Å². The van der Waals surface area contributed by atoms with E-state index in [-0.39, 0.29) is 0 Å². The lowest BCUT2D eigenvalue weighted by Crippen LogP contribution is -2.37. The zero-order valence-electron chi connectivity index (χ0n) is 16.0. The Morgan fingerprint density at radius 3 is 2.89 bits per heavy atom. The van der Waals surface area contributed by atoms with Gasteiger partial charge in [-0.15, -0.1) is 5.10 Å². The molecule has 1 N–H and O–H groups in total. The lowest BCUT2D eigenvalue weighted by atomic mass is 10.1. The minimum absolute atomic E-state index is 0.452. The van der Waals surface area contributed by atoms with Crippen molar-refractivity contribution in [3.63, 3.8) is 0 Å². The number of ether oxygens (including phenoxy) is 1. The number of pyridine rings is 1. The molecule has 4 heterocycles. The van der Waals surface area contributed by atoms with E-state index < -0.39 is 0 Å². The Morgan fingerprint density at radius 2 is 2.04 bits per heavy atom. The van der Waals surface area contributed by atoms with Crippen LogP contribution in [0, 0.1) is 0 Å². The van der Waals surface area contributed by atoms with Crippen molar-refractivity contribution >= 4 is 34.0 Å². The Balaban J connectivity index is 1.45. The number of hydrogen-bond donors (Lipinski definition) is 1. The number of fused-ring (bicyclic) bond motifs is 2. The van der Waals surface area contributed by atoms with Crippen LogP contribution >= 0.6 is 0 Å².